The van der Waals surface area contributed by atoms with E-state index in [-0.39, 0.29) is 0 Å². The topological polar surface area (TPSA) is 40.6 Å². The van der Waals surface area contributed by atoms with Gasteiger partial charge in [0.2, 0.25) is 10.0 Å². The molecule has 112 valence electrons. The molecule has 0 aromatic heterocycles. The van der Waals surface area contributed by atoms with E-state index in [0.717, 1.165) is 24.0 Å². The van der Waals surface area contributed by atoms with Gasteiger partial charge >= 0.3 is 0 Å². The lowest BCUT2D eigenvalue weighted by Gasteiger charge is -2.37. The number of hydrogen-bond donors (Lipinski definition) is 0. The molecular weight excluding hydrogens is 340 g/mol. The van der Waals surface area contributed by atoms with Crippen LogP contribution >= 0.6 is 15.9 Å². The standard InChI is InChI=1S/C14H21BrN2O2S/c1-3-12(2)16-7-9-17(10-8-16)20(18,19)14-6-4-5-13(15)11-14/h4-6,11-12H,3,7-10H2,1-2H3. The van der Waals surface area contributed by atoms with E-state index < -0.39 is 10.0 Å². The highest BCUT2D eigenvalue weighted by Crippen LogP contribution is 2.21. The van der Waals surface area contributed by atoms with Gasteiger partial charge in [0, 0.05) is 36.7 Å². The second kappa shape index (κ2) is 6.56. The molecule has 0 radical (unpaired) electrons. The summed E-state index contributed by atoms with van der Waals surface area (Å²) in [5.74, 6) is 0. The third-order valence-corrected chi connectivity index (χ3v) is 6.31. The highest BCUT2D eigenvalue weighted by molar-refractivity contribution is 9.10. The summed E-state index contributed by atoms with van der Waals surface area (Å²) in [5.41, 5.74) is 0. The zero-order chi connectivity index (χ0) is 14.8. The first kappa shape index (κ1) is 15.9. The first-order chi connectivity index (χ1) is 9.45. The molecule has 1 saturated heterocycles. The molecule has 2 rings (SSSR count). The average Bonchev–Trinajstić information content (AvgIpc) is 2.46. The minimum absolute atomic E-state index is 0.365. The molecule has 6 heteroatoms. The number of sulfonamides is 1. The SMILES string of the molecule is CCC(C)N1CCN(S(=O)(=O)c2cccc(Br)c2)CC1. The monoisotopic (exact) mass is 360 g/mol. The van der Waals surface area contributed by atoms with Crippen molar-refractivity contribution >= 4 is 26.0 Å². The van der Waals surface area contributed by atoms with Crippen LogP contribution in [0.5, 0.6) is 0 Å². The second-order valence-electron chi connectivity index (χ2n) is 5.15. The number of piperazine rings is 1. The summed E-state index contributed by atoms with van der Waals surface area (Å²) < 4.78 is 27.5. The summed E-state index contributed by atoms with van der Waals surface area (Å²) in [6.07, 6.45) is 1.10. The zero-order valence-electron chi connectivity index (χ0n) is 11.9. The predicted octanol–water partition coefficient (Wildman–Crippen LogP) is 2.55. The van der Waals surface area contributed by atoms with Gasteiger partial charge in [0.15, 0.2) is 0 Å². The quantitative estimate of drug-likeness (QED) is 0.828. The Labute approximate surface area is 129 Å². The molecule has 1 aliphatic rings. The fourth-order valence-electron chi connectivity index (χ4n) is 2.42. The van der Waals surface area contributed by atoms with Gasteiger partial charge in [0.25, 0.3) is 0 Å². The molecule has 0 spiro atoms. The molecule has 20 heavy (non-hydrogen) atoms. The van der Waals surface area contributed by atoms with E-state index in [1.165, 1.54) is 0 Å². The van der Waals surface area contributed by atoms with E-state index in [2.05, 4.69) is 34.7 Å². The molecule has 1 unspecified atom stereocenters. The number of rotatable bonds is 4. The molecular formula is C14H21BrN2O2S. The van der Waals surface area contributed by atoms with Crippen molar-refractivity contribution in [3.63, 3.8) is 0 Å². The van der Waals surface area contributed by atoms with Crippen molar-refractivity contribution in [1.29, 1.82) is 0 Å². The molecule has 4 nitrogen and oxygen atoms in total. The van der Waals surface area contributed by atoms with Crippen LogP contribution in [0.1, 0.15) is 20.3 Å². The van der Waals surface area contributed by atoms with E-state index in [9.17, 15) is 8.42 Å². The van der Waals surface area contributed by atoms with Crippen LogP contribution in [0.25, 0.3) is 0 Å². The Morgan fingerprint density at radius 2 is 1.90 bits per heavy atom. The van der Waals surface area contributed by atoms with Gasteiger partial charge in [-0.1, -0.05) is 28.9 Å². The van der Waals surface area contributed by atoms with Crippen molar-refractivity contribution < 1.29 is 8.42 Å². The van der Waals surface area contributed by atoms with E-state index in [1.54, 1.807) is 22.5 Å². The summed E-state index contributed by atoms with van der Waals surface area (Å²) >= 11 is 3.33. The zero-order valence-corrected chi connectivity index (χ0v) is 14.3. The van der Waals surface area contributed by atoms with Crippen LogP contribution in [0.4, 0.5) is 0 Å². The summed E-state index contributed by atoms with van der Waals surface area (Å²) in [6, 6.07) is 7.43. The number of benzene rings is 1. The van der Waals surface area contributed by atoms with Gasteiger partial charge in [-0.15, -0.1) is 0 Å². The number of nitrogens with zero attached hydrogens (tertiary/aromatic N) is 2. The fraction of sp³-hybridized carbons (Fsp3) is 0.571. The molecule has 1 fully saturated rings. The van der Waals surface area contributed by atoms with Crippen molar-refractivity contribution in [3.05, 3.63) is 28.7 Å². The van der Waals surface area contributed by atoms with Crippen LogP contribution in [0.15, 0.2) is 33.6 Å². The third kappa shape index (κ3) is 3.42. The normalized spacial score (nSPS) is 19.9. The number of hydrogen-bond acceptors (Lipinski definition) is 3. The Morgan fingerprint density at radius 1 is 1.25 bits per heavy atom. The lowest BCUT2D eigenvalue weighted by Crippen LogP contribution is -2.51. The van der Waals surface area contributed by atoms with E-state index in [1.807, 2.05) is 6.07 Å². The first-order valence-electron chi connectivity index (χ1n) is 6.95. The summed E-state index contributed by atoms with van der Waals surface area (Å²) in [5, 5.41) is 0. The van der Waals surface area contributed by atoms with Crippen LogP contribution in [0.2, 0.25) is 0 Å². The van der Waals surface area contributed by atoms with E-state index in [4.69, 9.17) is 0 Å². The highest BCUT2D eigenvalue weighted by Gasteiger charge is 2.29. The predicted molar refractivity (Wildman–Crippen MR) is 84.2 cm³/mol. The minimum Gasteiger partial charge on any atom is -0.298 e. The molecule has 1 aliphatic heterocycles. The maximum Gasteiger partial charge on any atom is 0.243 e. The number of halogens is 1. The second-order valence-corrected chi connectivity index (χ2v) is 8.01. The third-order valence-electron chi connectivity index (χ3n) is 3.92. The first-order valence-corrected chi connectivity index (χ1v) is 9.18. The van der Waals surface area contributed by atoms with Gasteiger partial charge < -0.3 is 0 Å². The van der Waals surface area contributed by atoms with Gasteiger partial charge in [0.1, 0.15) is 0 Å². The highest BCUT2D eigenvalue weighted by atomic mass is 79.9. The maximum atomic E-state index is 12.6. The molecule has 1 heterocycles. The Kier molecular flexibility index (Phi) is 5.23. The van der Waals surface area contributed by atoms with Gasteiger partial charge in [-0.3, -0.25) is 4.90 Å². The van der Waals surface area contributed by atoms with Crippen LogP contribution < -0.4 is 0 Å². The molecule has 0 saturated carbocycles. The molecule has 0 bridgehead atoms. The molecule has 1 aromatic rings. The largest absolute Gasteiger partial charge is 0.298 e. The summed E-state index contributed by atoms with van der Waals surface area (Å²) in [7, 11) is -3.36. The lowest BCUT2D eigenvalue weighted by molar-refractivity contribution is 0.142. The van der Waals surface area contributed by atoms with Crippen molar-refractivity contribution in [2.75, 3.05) is 26.2 Å². The molecule has 0 aliphatic carbocycles. The van der Waals surface area contributed by atoms with Crippen molar-refractivity contribution in [2.45, 2.75) is 31.2 Å². The van der Waals surface area contributed by atoms with Gasteiger partial charge in [-0.2, -0.15) is 4.31 Å². The fourth-order valence-corrected chi connectivity index (χ4v) is 4.44. The summed E-state index contributed by atoms with van der Waals surface area (Å²) in [4.78, 5) is 2.72. The maximum absolute atomic E-state index is 12.6. The smallest absolute Gasteiger partial charge is 0.243 e. The Morgan fingerprint density at radius 3 is 2.45 bits per heavy atom. The average molecular weight is 361 g/mol. The lowest BCUT2D eigenvalue weighted by atomic mass is 10.2. The van der Waals surface area contributed by atoms with Gasteiger partial charge in [0.05, 0.1) is 4.90 Å². The van der Waals surface area contributed by atoms with Crippen molar-refractivity contribution in [1.82, 2.24) is 9.21 Å². The summed E-state index contributed by atoms with van der Waals surface area (Å²) in [6.45, 7) is 7.11. The Balaban J connectivity index is 2.10. The molecule has 1 aromatic carbocycles. The van der Waals surface area contributed by atoms with E-state index in [0.29, 0.717) is 24.0 Å². The Bertz CT molecular complexity index is 554. The van der Waals surface area contributed by atoms with Crippen LogP contribution in [-0.4, -0.2) is 49.8 Å². The van der Waals surface area contributed by atoms with Crippen LogP contribution in [0, 0.1) is 0 Å². The van der Waals surface area contributed by atoms with Crippen molar-refractivity contribution in [2.24, 2.45) is 0 Å². The molecule has 0 N–H and O–H groups in total. The van der Waals surface area contributed by atoms with Crippen LogP contribution in [0.3, 0.4) is 0 Å². The van der Waals surface area contributed by atoms with E-state index >= 15 is 0 Å². The van der Waals surface area contributed by atoms with Crippen molar-refractivity contribution in [3.8, 4) is 0 Å². The minimum atomic E-state index is -3.36. The van der Waals surface area contributed by atoms with Gasteiger partial charge in [-0.05, 0) is 31.5 Å². The van der Waals surface area contributed by atoms with Crippen LogP contribution in [-0.2, 0) is 10.0 Å². The van der Waals surface area contributed by atoms with Gasteiger partial charge in [-0.25, -0.2) is 8.42 Å². The Hall–Kier alpha value is -0.430. The molecule has 0 amide bonds. The molecule has 1 atom stereocenters.